The van der Waals surface area contributed by atoms with Gasteiger partial charge in [0.25, 0.3) is 0 Å². The summed E-state index contributed by atoms with van der Waals surface area (Å²) in [5.41, 5.74) is 2.87. The molecule has 1 saturated heterocycles. The van der Waals surface area contributed by atoms with Crippen LogP contribution in [0.25, 0.3) is 0 Å². The third kappa shape index (κ3) is 3.15. The molecular formula is C18H26N2O. The maximum absolute atomic E-state index is 5.82. The lowest BCUT2D eigenvalue weighted by Gasteiger charge is -2.40. The van der Waals surface area contributed by atoms with Gasteiger partial charge in [-0.25, -0.2) is 0 Å². The van der Waals surface area contributed by atoms with Gasteiger partial charge in [0.15, 0.2) is 0 Å². The molecule has 1 saturated carbocycles. The quantitative estimate of drug-likeness (QED) is 0.921. The van der Waals surface area contributed by atoms with Crippen LogP contribution in [0.15, 0.2) is 24.3 Å². The van der Waals surface area contributed by atoms with Gasteiger partial charge in [-0.3, -0.25) is 4.90 Å². The molecule has 0 amide bonds. The maximum atomic E-state index is 5.82. The summed E-state index contributed by atoms with van der Waals surface area (Å²) in [6.45, 7) is 5.29. The Morgan fingerprint density at radius 2 is 1.90 bits per heavy atom. The molecule has 1 aromatic carbocycles. The highest BCUT2D eigenvalue weighted by Crippen LogP contribution is 2.32. The van der Waals surface area contributed by atoms with Crippen LogP contribution in [0.1, 0.15) is 42.9 Å². The minimum atomic E-state index is 0.472. The van der Waals surface area contributed by atoms with Crippen molar-refractivity contribution < 1.29 is 4.74 Å². The Bertz CT molecular complexity index is 478. The molecule has 114 valence electrons. The zero-order valence-electron chi connectivity index (χ0n) is 12.8. The van der Waals surface area contributed by atoms with Gasteiger partial charge in [0.1, 0.15) is 0 Å². The van der Waals surface area contributed by atoms with Gasteiger partial charge in [0.05, 0.1) is 19.3 Å². The van der Waals surface area contributed by atoms with Gasteiger partial charge >= 0.3 is 0 Å². The monoisotopic (exact) mass is 286 g/mol. The Morgan fingerprint density at radius 3 is 2.71 bits per heavy atom. The molecule has 0 aromatic heterocycles. The van der Waals surface area contributed by atoms with E-state index in [0.29, 0.717) is 6.04 Å². The van der Waals surface area contributed by atoms with E-state index in [0.717, 1.165) is 25.2 Å². The molecule has 0 bridgehead atoms. The van der Waals surface area contributed by atoms with E-state index in [1.54, 1.807) is 0 Å². The van der Waals surface area contributed by atoms with Gasteiger partial charge in [-0.15, -0.1) is 0 Å². The van der Waals surface area contributed by atoms with Gasteiger partial charge in [0.2, 0.25) is 0 Å². The summed E-state index contributed by atoms with van der Waals surface area (Å²) < 4.78 is 5.82. The summed E-state index contributed by atoms with van der Waals surface area (Å²) in [5, 5.41) is 3.77. The first-order valence-corrected chi connectivity index (χ1v) is 8.53. The molecule has 3 aliphatic rings. The fraction of sp³-hybridized carbons (Fsp3) is 0.667. The fourth-order valence-electron chi connectivity index (χ4n) is 3.73. The standard InChI is InChI=1S/C18H26N2O/c1-2-4-17-15(3-1)12-21-13-18(17)20-9-7-16(8-10-20)19-11-14-5-6-14/h1-4,14,16,18-19H,5-13H2. The molecule has 3 nitrogen and oxygen atoms in total. The zero-order valence-corrected chi connectivity index (χ0v) is 12.8. The Balaban J connectivity index is 1.35. The predicted molar refractivity (Wildman–Crippen MR) is 84.2 cm³/mol. The van der Waals surface area contributed by atoms with Crippen LogP contribution < -0.4 is 5.32 Å². The maximum Gasteiger partial charge on any atom is 0.0721 e. The summed E-state index contributed by atoms with van der Waals surface area (Å²) in [6.07, 6.45) is 5.46. The van der Waals surface area contributed by atoms with Crippen molar-refractivity contribution in [1.82, 2.24) is 10.2 Å². The van der Waals surface area contributed by atoms with E-state index in [4.69, 9.17) is 4.74 Å². The Kier molecular flexibility index (Phi) is 3.97. The summed E-state index contributed by atoms with van der Waals surface area (Å²) >= 11 is 0. The van der Waals surface area contributed by atoms with Crippen LogP contribution in [0, 0.1) is 5.92 Å². The van der Waals surface area contributed by atoms with Gasteiger partial charge in [0, 0.05) is 19.1 Å². The van der Waals surface area contributed by atoms with Crippen molar-refractivity contribution in [3.63, 3.8) is 0 Å². The Labute approximate surface area is 127 Å². The van der Waals surface area contributed by atoms with Crippen molar-refractivity contribution >= 4 is 0 Å². The van der Waals surface area contributed by atoms with Crippen molar-refractivity contribution in [3.8, 4) is 0 Å². The lowest BCUT2D eigenvalue weighted by atomic mass is 9.95. The molecule has 0 radical (unpaired) electrons. The van der Waals surface area contributed by atoms with Gasteiger partial charge in [-0.1, -0.05) is 24.3 Å². The normalized spacial score (nSPS) is 27.5. The van der Waals surface area contributed by atoms with Gasteiger partial charge in [-0.05, 0) is 49.3 Å². The first-order chi connectivity index (χ1) is 10.4. The van der Waals surface area contributed by atoms with Crippen molar-refractivity contribution in [1.29, 1.82) is 0 Å². The lowest BCUT2D eigenvalue weighted by Crippen LogP contribution is -2.46. The van der Waals surface area contributed by atoms with Gasteiger partial charge < -0.3 is 10.1 Å². The number of fused-ring (bicyclic) bond motifs is 1. The number of hydrogen-bond donors (Lipinski definition) is 1. The summed E-state index contributed by atoms with van der Waals surface area (Å²) in [6, 6.07) is 10.0. The highest BCUT2D eigenvalue weighted by Gasteiger charge is 2.30. The van der Waals surface area contributed by atoms with E-state index >= 15 is 0 Å². The van der Waals surface area contributed by atoms with Crippen LogP contribution in [-0.4, -0.2) is 37.2 Å². The molecule has 2 heterocycles. The first-order valence-electron chi connectivity index (χ1n) is 8.53. The van der Waals surface area contributed by atoms with Crippen LogP contribution in [-0.2, 0) is 11.3 Å². The Morgan fingerprint density at radius 1 is 1.10 bits per heavy atom. The van der Waals surface area contributed by atoms with E-state index in [1.807, 2.05) is 0 Å². The lowest BCUT2D eigenvalue weighted by molar-refractivity contribution is 0.0211. The molecule has 0 spiro atoms. The number of ether oxygens (including phenoxy) is 1. The zero-order chi connectivity index (χ0) is 14.1. The second kappa shape index (κ2) is 6.07. The summed E-state index contributed by atoms with van der Waals surface area (Å²) in [5.74, 6) is 0.988. The predicted octanol–water partition coefficient (Wildman–Crippen LogP) is 2.72. The molecule has 21 heavy (non-hydrogen) atoms. The first kappa shape index (κ1) is 13.7. The number of nitrogens with one attached hydrogen (secondary N) is 1. The van der Waals surface area contributed by atoms with Crippen molar-refractivity contribution in [2.24, 2.45) is 5.92 Å². The minimum Gasteiger partial charge on any atom is -0.375 e. The molecule has 2 fully saturated rings. The average molecular weight is 286 g/mol. The SMILES string of the molecule is c1ccc2c(c1)COCC2N1CCC(NCC2CC2)CC1. The second-order valence-electron chi connectivity index (χ2n) is 6.89. The van der Waals surface area contributed by atoms with Crippen LogP contribution in [0.3, 0.4) is 0 Å². The van der Waals surface area contributed by atoms with Crippen molar-refractivity contribution in [2.45, 2.75) is 44.4 Å². The van der Waals surface area contributed by atoms with Gasteiger partial charge in [-0.2, -0.15) is 0 Å². The third-order valence-electron chi connectivity index (χ3n) is 5.31. The van der Waals surface area contributed by atoms with E-state index in [9.17, 15) is 0 Å². The van der Waals surface area contributed by atoms with Crippen molar-refractivity contribution in [3.05, 3.63) is 35.4 Å². The van der Waals surface area contributed by atoms with E-state index in [2.05, 4.69) is 34.5 Å². The number of hydrogen-bond acceptors (Lipinski definition) is 3. The summed E-state index contributed by atoms with van der Waals surface area (Å²) in [4.78, 5) is 2.63. The summed E-state index contributed by atoms with van der Waals surface area (Å²) in [7, 11) is 0. The minimum absolute atomic E-state index is 0.472. The molecule has 1 aliphatic carbocycles. The smallest absolute Gasteiger partial charge is 0.0721 e. The van der Waals surface area contributed by atoms with Crippen LogP contribution in [0.2, 0.25) is 0 Å². The molecule has 1 atom stereocenters. The highest BCUT2D eigenvalue weighted by atomic mass is 16.5. The number of piperidine rings is 1. The van der Waals surface area contributed by atoms with Crippen LogP contribution in [0.5, 0.6) is 0 Å². The molecule has 3 heteroatoms. The van der Waals surface area contributed by atoms with E-state index in [1.165, 1.54) is 56.4 Å². The van der Waals surface area contributed by atoms with Crippen LogP contribution >= 0.6 is 0 Å². The topological polar surface area (TPSA) is 24.5 Å². The number of rotatable bonds is 4. The van der Waals surface area contributed by atoms with Crippen LogP contribution in [0.4, 0.5) is 0 Å². The molecule has 1 aromatic rings. The molecule has 1 N–H and O–H groups in total. The Hall–Kier alpha value is -0.900. The third-order valence-corrected chi connectivity index (χ3v) is 5.31. The second-order valence-corrected chi connectivity index (χ2v) is 6.89. The number of nitrogens with zero attached hydrogens (tertiary/aromatic N) is 1. The average Bonchev–Trinajstić information content (AvgIpc) is 3.37. The number of benzene rings is 1. The van der Waals surface area contributed by atoms with E-state index in [-0.39, 0.29) is 0 Å². The molecular weight excluding hydrogens is 260 g/mol. The fourth-order valence-corrected chi connectivity index (χ4v) is 3.73. The highest BCUT2D eigenvalue weighted by molar-refractivity contribution is 5.31. The molecule has 4 rings (SSSR count). The van der Waals surface area contributed by atoms with Crippen molar-refractivity contribution in [2.75, 3.05) is 26.2 Å². The largest absolute Gasteiger partial charge is 0.375 e. The van der Waals surface area contributed by atoms with E-state index < -0.39 is 0 Å². The molecule has 1 unspecified atom stereocenters. The number of likely N-dealkylation sites (tertiary alicyclic amines) is 1. The molecule has 2 aliphatic heterocycles.